The first-order chi connectivity index (χ1) is 14.5. The molecule has 5 nitrogen and oxygen atoms in total. The number of nitrogens with zero attached hydrogens (tertiary/aromatic N) is 2. The summed E-state index contributed by atoms with van der Waals surface area (Å²) in [5.41, 5.74) is 0.781. The summed E-state index contributed by atoms with van der Waals surface area (Å²) in [6.07, 6.45) is 3.54. The first-order valence-corrected chi connectivity index (χ1v) is 10.5. The molecular weight excluding hydrogens is 405 g/mol. The second kappa shape index (κ2) is 7.29. The van der Waals surface area contributed by atoms with Crippen molar-refractivity contribution in [3.05, 3.63) is 70.8 Å². The number of carbonyl (C=O) groups excluding carboxylic acids is 1. The maximum Gasteiger partial charge on any atom is 0.240 e. The van der Waals surface area contributed by atoms with Crippen LogP contribution in [0.4, 0.5) is 4.39 Å². The van der Waals surface area contributed by atoms with Gasteiger partial charge in [-0.15, -0.1) is 0 Å². The Balaban J connectivity index is 1.34. The van der Waals surface area contributed by atoms with Crippen LogP contribution >= 0.6 is 11.6 Å². The molecule has 3 aromatic rings. The van der Waals surface area contributed by atoms with E-state index in [4.69, 9.17) is 16.1 Å². The Labute approximate surface area is 178 Å². The highest BCUT2D eigenvalue weighted by Crippen LogP contribution is 2.51. The van der Waals surface area contributed by atoms with Crippen molar-refractivity contribution >= 4 is 17.4 Å². The highest BCUT2D eigenvalue weighted by Gasteiger charge is 2.57. The SMILES string of the molecule is O=C1CC2(NCc3ccccc3)CCC1(c1nc(-c3ccc(Cl)c(F)c3)no1)CC2. The summed E-state index contributed by atoms with van der Waals surface area (Å²) in [5.74, 6) is 0.207. The van der Waals surface area contributed by atoms with E-state index in [1.54, 1.807) is 6.07 Å². The van der Waals surface area contributed by atoms with Crippen LogP contribution in [-0.2, 0) is 16.8 Å². The molecule has 0 spiro atoms. The number of halogens is 2. The van der Waals surface area contributed by atoms with E-state index in [1.807, 2.05) is 18.2 Å². The Morgan fingerprint density at radius 3 is 2.57 bits per heavy atom. The predicted molar refractivity (Wildman–Crippen MR) is 110 cm³/mol. The van der Waals surface area contributed by atoms with Gasteiger partial charge in [-0.3, -0.25) is 4.79 Å². The van der Waals surface area contributed by atoms with Gasteiger partial charge in [0.1, 0.15) is 17.0 Å². The third-order valence-corrected chi connectivity index (χ3v) is 6.92. The van der Waals surface area contributed by atoms with Crippen molar-refractivity contribution in [2.75, 3.05) is 0 Å². The highest BCUT2D eigenvalue weighted by molar-refractivity contribution is 6.30. The van der Waals surface area contributed by atoms with Crippen LogP contribution in [0.15, 0.2) is 53.1 Å². The lowest BCUT2D eigenvalue weighted by Crippen LogP contribution is -2.60. The lowest BCUT2D eigenvalue weighted by molar-refractivity contribution is -0.135. The van der Waals surface area contributed by atoms with Crippen LogP contribution in [0, 0.1) is 5.82 Å². The van der Waals surface area contributed by atoms with Crippen LogP contribution in [0.3, 0.4) is 0 Å². The highest BCUT2D eigenvalue weighted by atomic mass is 35.5. The van der Waals surface area contributed by atoms with Gasteiger partial charge in [-0.25, -0.2) is 4.39 Å². The van der Waals surface area contributed by atoms with Crippen molar-refractivity contribution in [1.82, 2.24) is 15.5 Å². The molecular formula is C23H21ClFN3O2. The van der Waals surface area contributed by atoms with E-state index in [0.29, 0.717) is 30.7 Å². The van der Waals surface area contributed by atoms with Crippen LogP contribution in [0.2, 0.25) is 5.02 Å². The van der Waals surface area contributed by atoms with Gasteiger partial charge in [-0.2, -0.15) is 4.98 Å². The zero-order valence-electron chi connectivity index (χ0n) is 16.3. The molecule has 7 heteroatoms. The van der Waals surface area contributed by atoms with Gasteiger partial charge < -0.3 is 9.84 Å². The van der Waals surface area contributed by atoms with Gasteiger partial charge in [-0.1, -0.05) is 47.1 Å². The van der Waals surface area contributed by atoms with Crippen molar-refractivity contribution in [3.63, 3.8) is 0 Å². The summed E-state index contributed by atoms with van der Waals surface area (Å²) in [6.45, 7) is 0.744. The number of benzene rings is 2. The number of Topliss-reactive ketones (excluding diaryl/α,β-unsaturated/α-hetero) is 1. The summed E-state index contributed by atoms with van der Waals surface area (Å²) in [6, 6.07) is 14.6. The topological polar surface area (TPSA) is 68.0 Å². The van der Waals surface area contributed by atoms with E-state index in [1.165, 1.54) is 17.7 Å². The number of hydrogen-bond donors (Lipinski definition) is 1. The van der Waals surface area contributed by atoms with Crippen LogP contribution in [-0.4, -0.2) is 21.5 Å². The normalized spacial score (nSPS) is 25.6. The minimum atomic E-state index is -0.730. The van der Waals surface area contributed by atoms with E-state index >= 15 is 0 Å². The standard InChI is InChI=1S/C23H21ClFN3O2/c24-17-7-6-16(12-18(17)25)20-27-21(30-28-20)23-10-8-22(9-11-23,13-19(23)29)26-14-15-4-2-1-3-5-15/h1-7,12,26H,8-11,13-14H2. The molecule has 0 atom stereocenters. The number of aromatic nitrogens is 2. The van der Waals surface area contributed by atoms with Gasteiger partial charge in [0, 0.05) is 24.1 Å². The maximum atomic E-state index is 13.8. The molecule has 0 aliphatic heterocycles. The molecule has 6 rings (SSSR count). The number of carbonyl (C=O) groups is 1. The minimum absolute atomic E-state index is 0.0372. The fourth-order valence-corrected chi connectivity index (χ4v) is 4.83. The number of fused-ring (bicyclic) bond motifs is 3. The minimum Gasteiger partial charge on any atom is -0.338 e. The van der Waals surface area contributed by atoms with Gasteiger partial charge in [0.05, 0.1) is 5.02 Å². The van der Waals surface area contributed by atoms with Crippen LogP contribution in [0.5, 0.6) is 0 Å². The molecule has 2 aromatic carbocycles. The third-order valence-electron chi connectivity index (χ3n) is 6.62. The largest absolute Gasteiger partial charge is 0.338 e. The van der Waals surface area contributed by atoms with E-state index < -0.39 is 11.2 Å². The second-order valence-electron chi connectivity index (χ2n) is 8.35. The predicted octanol–water partition coefficient (Wildman–Crippen LogP) is 4.84. The van der Waals surface area contributed by atoms with Gasteiger partial charge in [-0.05, 0) is 49.4 Å². The first-order valence-electron chi connectivity index (χ1n) is 10.1. The Hall–Kier alpha value is -2.57. The molecule has 0 saturated heterocycles. The fourth-order valence-electron chi connectivity index (χ4n) is 4.72. The summed E-state index contributed by atoms with van der Waals surface area (Å²) >= 11 is 5.75. The van der Waals surface area contributed by atoms with E-state index in [-0.39, 0.29) is 22.2 Å². The molecule has 1 N–H and O–H groups in total. The molecule has 1 aromatic heterocycles. The van der Waals surface area contributed by atoms with Crippen molar-refractivity contribution in [1.29, 1.82) is 0 Å². The molecule has 0 unspecified atom stereocenters. The van der Waals surface area contributed by atoms with Crippen molar-refractivity contribution in [3.8, 4) is 11.4 Å². The van der Waals surface area contributed by atoms with Crippen molar-refractivity contribution in [2.45, 2.75) is 49.6 Å². The number of ketones is 1. The molecule has 1 heterocycles. The quantitative estimate of drug-likeness (QED) is 0.633. The molecule has 0 amide bonds. The molecule has 154 valence electrons. The average molecular weight is 426 g/mol. The lowest BCUT2D eigenvalue weighted by Gasteiger charge is -2.50. The van der Waals surface area contributed by atoms with Crippen molar-refractivity contribution in [2.24, 2.45) is 0 Å². The third kappa shape index (κ3) is 3.24. The molecule has 30 heavy (non-hydrogen) atoms. The lowest BCUT2D eigenvalue weighted by atomic mass is 9.56. The summed E-state index contributed by atoms with van der Waals surface area (Å²) < 4.78 is 19.3. The first kappa shape index (κ1) is 19.4. The molecule has 0 radical (unpaired) electrons. The van der Waals surface area contributed by atoms with E-state index in [0.717, 1.165) is 19.4 Å². The van der Waals surface area contributed by atoms with Crippen LogP contribution < -0.4 is 5.32 Å². The van der Waals surface area contributed by atoms with E-state index in [9.17, 15) is 9.18 Å². The van der Waals surface area contributed by atoms with Gasteiger partial charge in [0.2, 0.25) is 11.7 Å². The van der Waals surface area contributed by atoms with E-state index in [2.05, 4.69) is 27.6 Å². The summed E-state index contributed by atoms with van der Waals surface area (Å²) in [5, 5.41) is 7.68. The molecule has 2 bridgehead atoms. The Kier molecular flexibility index (Phi) is 4.71. The number of nitrogens with one attached hydrogen (secondary N) is 1. The average Bonchev–Trinajstić information content (AvgIpc) is 3.27. The second-order valence-corrected chi connectivity index (χ2v) is 8.76. The Bertz CT molecular complexity index is 1090. The van der Waals surface area contributed by atoms with Crippen LogP contribution in [0.25, 0.3) is 11.4 Å². The van der Waals surface area contributed by atoms with Crippen LogP contribution in [0.1, 0.15) is 43.6 Å². The Morgan fingerprint density at radius 2 is 1.87 bits per heavy atom. The molecule has 3 fully saturated rings. The number of rotatable bonds is 5. The summed E-state index contributed by atoms with van der Waals surface area (Å²) in [4.78, 5) is 17.7. The molecule has 3 aliphatic rings. The summed E-state index contributed by atoms with van der Waals surface area (Å²) in [7, 11) is 0. The van der Waals surface area contributed by atoms with Crippen molar-refractivity contribution < 1.29 is 13.7 Å². The fraction of sp³-hybridized carbons (Fsp3) is 0.348. The zero-order valence-corrected chi connectivity index (χ0v) is 17.1. The Morgan fingerprint density at radius 1 is 1.10 bits per heavy atom. The molecule has 3 saturated carbocycles. The molecule has 3 aliphatic carbocycles. The maximum absolute atomic E-state index is 13.8. The number of hydrogen-bond acceptors (Lipinski definition) is 5. The van der Waals surface area contributed by atoms with Gasteiger partial charge in [0.15, 0.2) is 0 Å². The zero-order chi connectivity index (χ0) is 20.8. The monoisotopic (exact) mass is 425 g/mol. The van der Waals surface area contributed by atoms with Gasteiger partial charge in [0.25, 0.3) is 0 Å². The van der Waals surface area contributed by atoms with Gasteiger partial charge >= 0.3 is 0 Å². The smallest absolute Gasteiger partial charge is 0.240 e.